The van der Waals surface area contributed by atoms with Gasteiger partial charge in [-0.2, -0.15) is 0 Å². The number of hydrogen-bond donors (Lipinski definition) is 0. The summed E-state index contributed by atoms with van der Waals surface area (Å²) in [5, 5.41) is 0.845. The summed E-state index contributed by atoms with van der Waals surface area (Å²) in [6.07, 6.45) is 6.60. The van der Waals surface area contributed by atoms with Crippen LogP contribution in [0.2, 0.25) is 0 Å². The molecule has 0 spiro atoms. The molecule has 1 aliphatic rings. The summed E-state index contributed by atoms with van der Waals surface area (Å²) in [4.78, 5) is 27.4. The smallest absolute Gasteiger partial charge is 0.409 e. The molecule has 1 saturated heterocycles. The largest absolute Gasteiger partial charge is 0.447 e. The molecule has 1 fully saturated rings. The van der Waals surface area contributed by atoms with E-state index in [4.69, 9.17) is 14.2 Å². The van der Waals surface area contributed by atoms with E-state index in [0.717, 1.165) is 35.1 Å². The lowest BCUT2D eigenvalue weighted by Crippen LogP contribution is -2.39. The number of aryl methyl sites for hydroxylation is 1. The number of pyridine rings is 1. The second kappa shape index (κ2) is 11.2. The van der Waals surface area contributed by atoms with Crippen molar-refractivity contribution >= 4 is 17.1 Å². The van der Waals surface area contributed by atoms with Crippen LogP contribution in [-0.4, -0.2) is 56.8 Å². The van der Waals surface area contributed by atoms with E-state index in [1.807, 2.05) is 61.7 Å². The molecule has 4 aromatic rings. The number of hydrogen-bond acceptors (Lipinski definition) is 7. The molecule has 3 aromatic heterocycles. The molecule has 186 valence electrons. The second-order valence-electron chi connectivity index (χ2n) is 8.70. The van der Waals surface area contributed by atoms with Crippen LogP contribution in [0.1, 0.15) is 30.1 Å². The predicted molar refractivity (Wildman–Crippen MR) is 134 cm³/mol. The van der Waals surface area contributed by atoms with Crippen molar-refractivity contribution in [3.63, 3.8) is 0 Å². The van der Waals surface area contributed by atoms with Crippen molar-refractivity contribution in [2.75, 3.05) is 26.3 Å². The van der Waals surface area contributed by atoms with Crippen LogP contribution in [0.5, 0.6) is 11.6 Å². The molecule has 0 saturated carbocycles. The Bertz CT molecular complexity index is 1300. The first-order chi connectivity index (χ1) is 17.7. The summed E-state index contributed by atoms with van der Waals surface area (Å²) in [5.41, 5.74) is 2.71. The molecule has 5 rings (SSSR count). The lowest BCUT2D eigenvalue weighted by Gasteiger charge is -2.32. The number of rotatable bonds is 8. The Morgan fingerprint density at radius 1 is 1.00 bits per heavy atom. The number of fused-ring (bicyclic) bond motifs is 1. The van der Waals surface area contributed by atoms with Gasteiger partial charge >= 0.3 is 6.09 Å². The highest BCUT2D eigenvalue weighted by Crippen LogP contribution is 2.32. The summed E-state index contributed by atoms with van der Waals surface area (Å²) in [6, 6.07) is 15.8. The summed E-state index contributed by atoms with van der Waals surface area (Å²) >= 11 is 0. The Hall–Kier alpha value is -3.98. The van der Waals surface area contributed by atoms with Crippen LogP contribution < -0.4 is 4.74 Å². The molecule has 36 heavy (non-hydrogen) atoms. The van der Waals surface area contributed by atoms with E-state index in [1.54, 1.807) is 11.1 Å². The first-order valence-corrected chi connectivity index (χ1v) is 12.1. The maximum Gasteiger partial charge on any atom is 0.409 e. The number of carbonyl (C=O) groups is 1. The Labute approximate surface area is 209 Å². The van der Waals surface area contributed by atoms with Gasteiger partial charge in [0.2, 0.25) is 5.88 Å². The van der Waals surface area contributed by atoms with Gasteiger partial charge in [0.1, 0.15) is 18.6 Å². The number of aromatic nitrogens is 4. The molecule has 4 heterocycles. The van der Waals surface area contributed by atoms with Gasteiger partial charge in [-0.15, -0.1) is 0 Å². The first-order valence-electron chi connectivity index (χ1n) is 12.1. The van der Waals surface area contributed by atoms with Gasteiger partial charge < -0.3 is 23.7 Å². The van der Waals surface area contributed by atoms with Crippen molar-refractivity contribution in [3.8, 4) is 11.6 Å². The number of likely N-dealkylation sites (tertiary alicyclic amines) is 1. The van der Waals surface area contributed by atoms with Crippen LogP contribution >= 0.6 is 0 Å². The van der Waals surface area contributed by atoms with Crippen LogP contribution in [0.25, 0.3) is 11.0 Å². The number of benzene rings is 1. The molecule has 0 atom stereocenters. The predicted octanol–water partition coefficient (Wildman–Crippen LogP) is 4.92. The van der Waals surface area contributed by atoms with Crippen molar-refractivity contribution in [2.24, 2.45) is 0 Å². The average molecular weight is 488 g/mol. The SMILES string of the molecule is Cc1ncccc1Oc1ncnc2c1ccn2C1CCN(C(=O)OCCOCc2ccccc2)CC1. The maximum atomic E-state index is 12.5. The van der Waals surface area contributed by atoms with Crippen LogP contribution in [-0.2, 0) is 16.1 Å². The van der Waals surface area contributed by atoms with Gasteiger partial charge in [0.25, 0.3) is 0 Å². The first kappa shape index (κ1) is 23.7. The zero-order valence-corrected chi connectivity index (χ0v) is 20.2. The topological polar surface area (TPSA) is 91.6 Å². The van der Waals surface area contributed by atoms with Crippen molar-refractivity contribution in [1.82, 2.24) is 24.4 Å². The van der Waals surface area contributed by atoms with Gasteiger partial charge in [-0.25, -0.2) is 14.8 Å². The molecule has 1 aromatic carbocycles. The Morgan fingerprint density at radius 3 is 2.64 bits per heavy atom. The molecular formula is C27H29N5O4. The lowest BCUT2D eigenvalue weighted by atomic mass is 10.1. The fourth-order valence-corrected chi connectivity index (χ4v) is 4.38. The van der Waals surface area contributed by atoms with E-state index in [9.17, 15) is 4.79 Å². The monoisotopic (exact) mass is 487 g/mol. The zero-order valence-electron chi connectivity index (χ0n) is 20.2. The second-order valence-corrected chi connectivity index (χ2v) is 8.70. The van der Waals surface area contributed by atoms with Crippen molar-refractivity contribution < 1.29 is 19.0 Å². The van der Waals surface area contributed by atoms with Crippen LogP contribution in [0.3, 0.4) is 0 Å². The Kier molecular flexibility index (Phi) is 7.37. The van der Waals surface area contributed by atoms with Gasteiger partial charge in [-0.3, -0.25) is 4.98 Å². The third kappa shape index (κ3) is 5.46. The average Bonchev–Trinajstić information content (AvgIpc) is 3.36. The molecule has 9 nitrogen and oxygen atoms in total. The lowest BCUT2D eigenvalue weighted by molar-refractivity contribution is 0.0440. The Morgan fingerprint density at radius 2 is 1.83 bits per heavy atom. The summed E-state index contributed by atoms with van der Waals surface area (Å²) < 4.78 is 19.2. The van der Waals surface area contributed by atoms with E-state index in [1.165, 1.54) is 6.33 Å². The minimum Gasteiger partial charge on any atom is -0.447 e. The van der Waals surface area contributed by atoms with Crippen LogP contribution in [0.4, 0.5) is 4.79 Å². The quantitative estimate of drug-likeness (QED) is 0.326. The molecule has 0 radical (unpaired) electrons. The number of piperidine rings is 1. The highest BCUT2D eigenvalue weighted by molar-refractivity contribution is 5.81. The molecular weight excluding hydrogens is 458 g/mol. The third-order valence-electron chi connectivity index (χ3n) is 6.32. The minimum absolute atomic E-state index is 0.226. The molecule has 1 aliphatic heterocycles. The van der Waals surface area contributed by atoms with Crippen LogP contribution in [0.15, 0.2) is 67.3 Å². The third-order valence-corrected chi connectivity index (χ3v) is 6.32. The van der Waals surface area contributed by atoms with Crippen molar-refractivity contribution in [3.05, 3.63) is 78.5 Å². The zero-order chi connectivity index (χ0) is 24.7. The van der Waals surface area contributed by atoms with Gasteiger partial charge in [-0.05, 0) is 43.5 Å². The highest BCUT2D eigenvalue weighted by Gasteiger charge is 2.26. The normalized spacial score (nSPS) is 14.2. The fourth-order valence-electron chi connectivity index (χ4n) is 4.38. The minimum atomic E-state index is -0.293. The van der Waals surface area contributed by atoms with Gasteiger partial charge in [0, 0.05) is 31.5 Å². The van der Waals surface area contributed by atoms with E-state index < -0.39 is 0 Å². The van der Waals surface area contributed by atoms with Crippen molar-refractivity contribution in [2.45, 2.75) is 32.4 Å². The Balaban J connectivity index is 1.13. The van der Waals surface area contributed by atoms with Crippen LogP contribution in [0, 0.1) is 6.92 Å². The maximum absolute atomic E-state index is 12.5. The molecule has 0 bridgehead atoms. The summed E-state index contributed by atoms with van der Waals surface area (Å²) in [7, 11) is 0. The fraction of sp³-hybridized carbons (Fsp3) is 0.333. The van der Waals surface area contributed by atoms with E-state index in [0.29, 0.717) is 37.9 Å². The molecule has 0 unspecified atom stereocenters. The number of nitrogens with zero attached hydrogens (tertiary/aromatic N) is 5. The van der Waals surface area contributed by atoms with Gasteiger partial charge in [0.15, 0.2) is 5.75 Å². The highest BCUT2D eigenvalue weighted by atomic mass is 16.6. The number of ether oxygens (including phenoxy) is 3. The molecule has 0 aliphatic carbocycles. The molecule has 0 N–H and O–H groups in total. The molecule has 1 amide bonds. The number of carbonyl (C=O) groups excluding carboxylic acids is 1. The molecule has 9 heteroatoms. The van der Waals surface area contributed by atoms with E-state index >= 15 is 0 Å². The van der Waals surface area contributed by atoms with Gasteiger partial charge in [-0.1, -0.05) is 30.3 Å². The number of amides is 1. The summed E-state index contributed by atoms with van der Waals surface area (Å²) in [6.45, 7) is 4.26. The van der Waals surface area contributed by atoms with E-state index in [2.05, 4.69) is 19.5 Å². The standard InChI is InChI=1S/C27H29N5O4/c1-20-24(8-5-12-28-20)36-26-23-11-15-32(25(23)29-19-30-26)22-9-13-31(14-10-22)27(33)35-17-16-34-18-21-6-3-2-4-7-21/h2-8,11-12,15,19,22H,9-10,13-14,16-18H2,1H3. The summed E-state index contributed by atoms with van der Waals surface area (Å²) in [5.74, 6) is 1.17. The van der Waals surface area contributed by atoms with Crippen molar-refractivity contribution in [1.29, 1.82) is 0 Å². The van der Waals surface area contributed by atoms with E-state index in [-0.39, 0.29) is 18.7 Å². The van der Waals surface area contributed by atoms with Gasteiger partial charge in [0.05, 0.1) is 24.3 Å².